The zero-order valence-corrected chi connectivity index (χ0v) is 12.7. The third-order valence-electron chi connectivity index (χ3n) is 4.37. The number of aryl methyl sites for hydroxylation is 1. The van der Waals surface area contributed by atoms with Crippen LogP contribution in [0.15, 0.2) is 36.7 Å². The van der Waals surface area contributed by atoms with Crippen molar-refractivity contribution in [1.82, 2.24) is 4.98 Å². The highest BCUT2D eigenvalue weighted by molar-refractivity contribution is 5.78. The Hall–Kier alpha value is -1.87. The zero-order chi connectivity index (χ0) is 14.7. The number of rotatable bonds is 3. The van der Waals surface area contributed by atoms with Crippen LogP contribution in [0.5, 0.6) is 0 Å². The summed E-state index contributed by atoms with van der Waals surface area (Å²) in [6.45, 7) is 5.01. The fourth-order valence-corrected chi connectivity index (χ4v) is 3.11. The van der Waals surface area contributed by atoms with Gasteiger partial charge in [-0.3, -0.25) is 4.98 Å². The Labute approximate surface area is 126 Å². The normalized spacial score (nSPS) is 15.2. The molecule has 1 aliphatic heterocycles. The van der Waals surface area contributed by atoms with E-state index in [4.69, 9.17) is 5.73 Å². The molecule has 110 valence electrons. The van der Waals surface area contributed by atoms with Gasteiger partial charge >= 0.3 is 0 Å². The van der Waals surface area contributed by atoms with Gasteiger partial charge in [-0.15, -0.1) is 0 Å². The van der Waals surface area contributed by atoms with Crippen molar-refractivity contribution in [2.75, 3.05) is 18.0 Å². The molecule has 1 aromatic carbocycles. The Balaban J connectivity index is 2.00. The van der Waals surface area contributed by atoms with Crippen LogP contribution in [-0.2, 0) is 6.54 Å². The zero-order valence-electron chi connectivity index (χ0n) is 12.7. The Bertz CT molecular complexity index is 616. The van der Waals surface area contributed by atoms with Gasteiger partial charge in [0.1, 0.15) is 0 Å². The summed E-state index contributed by atoms with van der Waals surface area (Å²) in [5.74, 6) is 0. The van der Waals surface area contributed by atoms with Crippen molar-refractivity contribution in [3.8, 4) is 11.1 Å². The number of benzene rings is 1. The van der Waals surface area contributed by atoms with Crippen molar-refractivity contribution < 1.29 is 0 Å². The maximum Gasteiger partial charge on any atom is 0.0632 e. The molecule has 2 N–H and O–H groups in total. The van der Waals surface area contributed by atoms with Crippen LogP contribution in [0.3, 0.4) is 0 Å². The van der Waals surface area contributed by atoms with Crippen LogP contribution < -0.4 is 10.6 Å². The van der Waals surface area contributed by atoms with Crippen LogP contribution in [0.1, 0.15) is 30.4 Å². The number of anilines is 1. The lowest BCUT2D eigenvalue weighted by Gasteiger charge is -2.30. The highest BCUT2D eigenvalue weighted by atomic mass is 15.1. The fourth-order valence-electron chi connectivity index (χ4n) is 3.11. The average molecular weight is 281 g/mol. The molecule has 0 amide bonds. The minimum Gasteiger partial charge on any atom is -0.370 e. The second-order valence-electron chi connectivity index (χ2n) is 5.79. The van der Waals surface area contributed by atoms with E-state index in [9.17, 15) is 0 Å². The summed E-state index contributed by atoms with van der Waals surface area (Å²) < 4.78 is 0. The Kier molecular flexibility index (Phi) is 4.20. The van der Waals surface area contributed by atoms with E-state index in [1.54, 1.807) is 0 Å². The molecule has 0 radical (unpaired) electrons. The van der Waals surface area contributed by atoms with Crippen molar-refractivity contribution in [1.29, 1.82) is 0 Å². The minimum atomic E-state index is 0.599. The van der Waals surface area contributed by atoms with E-state index < -0.39 is 0 Å². The summed E-state index contributed by atoms with van der Waals surface area (Å²) in [7, 11) is 0. The molecule has 0 unspecified atom stereocenters. The number of hydrogen-bond donors (Lipinski definition) is 1. The summed E-state index contributed by atoms with van der Waals surface area (Å²) in [6.07, 6.45) is 7.79. The molecule has 0 saturated carbocycles. The Morgan fingerprint density at radius 1 is 1.14 bits per heavy atom. The molecule has 3 rings (SSSR count). The molecule has 1 aromatic heterocycles. The van der Waals surface area contributed by atoms with Gasteiger partial charge in [-0.2, -0.15) is 0 Å². The van der Waals surface area contributed by atoms with Gasteiger partial charge in [0.15, 0.2) is 0 Å². The largest absolute Gasteiger partial charge is 0.370 e. The van der Waals surface area contributed by atoms with Crippen LogP contribution in [0, 0.1) is 6.92 Å². The molecule has 0 bridgehead atoms. The van der Waals surface area contributed by atoms with Crippen molar-refractivity contribution in [2.24, 2.45) is 5.73 Å². The molecule has 0 aliphatic carbocycles. The molecule has 3 nitrogen and oxygen atoms in total. The van der Waals surface area contributed by atoms with Gasteiger partial charge in [0.25, 0.3) is 0 Å². The van der Waals surface area contributed by atoms with Crippen molar-refractivity contribution in [3.63, 3.8) is 0 Å². The lowest BCUT2D eigenvalue weighted by Crippen LogP contribution is -2.29. The van der Waals surface area contributed by atoms with Crippen LogP contribution in [0.2, 0.25) is 0 Å². The molecule has 3 heteroatoms. The van der Waals surface area contributed by atoms with Crippen molar-refractivity contribution >= 4 is 5.69 Å². The first-order chi connectivity index (χ1) is 10.3. The van der Waals surface area contributed by atoms with Gasteiger partial charge in [-0.05, 0) is 48.9 Å². The average Bonchev–Trinajstić information content (AvgIpc) is 2.55. The van der Waals surface area contributed by atoms with Crippen molar-refractivity contribution in [2.45, 2.75) is 32.7 Å². The number of aromatic nitrogens is 1. The van der Waals surface area contributed by atoms with Crippen LogP contribution in [0.4, 0.5) is 5.69 Å². The van der Waals surface area contributed by atoms with E-state index in [-0.39, 0.29) is 0 Å². The third-order valence-corrected chi connectivity index (χ3v) is 4.37. The fraction of sp³-hybridized carbons (Fsp3) is 0.389. The lowest BCUT2D eigenvalue weighted by atomic mass is 9.98. The number of nitrogens with zero attached hydrogens (tertiary/aromatic N) is 2. The number of pyridine rings is 1. The van der Waals surface area contributed by atoms with Gasteiger partial charge in [-0.1, -0.05) is 18.2 Å². The predicted molar refractivity (Wildman–Crippen MR) is 88.4 cm³/mol. The van der Waals surface area contributed by atoms with Crippen LogP contribution in [-0.4, -0.2) is 18.1 Å². The van der Waals surface area contributed by atoms with Gasteiger partial charge in [-0.25, -0.2) is 0 Å². The first-order valence-corrected chi connectivity index (χ1v) is 7.78. The quantitative estimate of drug-likeness (QED) is 0.936. The molecule has 1 fully saturated rings. The topological polar surface area (TPSA) is 42.2 Å². The minimum absolute atomic E-state index is 0.599. The predicted octanol–water partition coefficient (Wildman–Crippen LogP) is 3.51. The summed E-state index contributed by atoms with van der Waals surface area (Å²) in [4.78, 5) is 6.81. The summed E-state index contributed by atoms with van der Waals surface area (Å²) >= 11 is 0. The van der Waals surface area contributed by atoms with E-state index >= 15 is 0 Å². The molecular formula is C18H23N3. The van der Waals surface area contributed by atoms with Gasteiger partial charge in [0.05, 0.1) is 11.9 Å². The van der Waals surface area contributed by atoms with Crippen LogP contribution >= 0.6 is 0 Å². The van der Waals surface area contributed by atoms with Gasteiger partial charge in [0, 0.05) is 31.4 Å². The maximum atomic E-state index is 5.77. The van der Waals surface area contributed by atoms with E-state index in [0.717, 1.165) is 13.1 Å². The number of piperidine rings is 1. The molecule has 1 aliphatic rings. The second-order valence-corrected chi connectivity index (χ2v) is 5.79. The second kappa shape index (κ2) is 6.27. The molecule has 2 aromatic rings. The van der Waals surface area contributed by atoms with Gasteiger partial charge < -0.3 is 10.6 Å². The SMILES string of the molecule is Cc1cc(-c2ccncc2N2CCCCC2)ccc1CN. The molecule has 1 saturated heterocycles. The monoisotopic (exact) mass is 281 g/mol. The number of hydrogen-bond acceptors (Lipinski definition) is 3. The Morgan fingerprint density at radius 2 is 1.95 bits per heavy atom. The Morgan fingerprint density at radius 3 is 2.67 bits per heavy atom. The summed E-state index contributed by atoms with van der Waals surface area (Å²) in [6, 6.07) is 8.69. The third kappa shape index (κ3) is 2.93. The van der Waals surface area contributed by atoms with E-state index in [2.05, 4.69) is 41.1 Å². The maximum absolute atomic E-state index is 5.77. The molecule has 0 spiro atoms. The van der Waals surface area contributed by atoms with E-state index in [0.29, 0.717) is 6.54 Å². The number of nitrogens with two attached hydrogens (primary N) is 1. The highest BCUT2D eigenvalue weighted by Gasteiger charge is 2.15. The lowest BCUT2D eigenvalue weighted by molar-refractivity contribution is 0.577. The smallest absolute Gasteiger partial charge is 0.0632 e. The van der Waals surface area contributed by atoms with E-state index in [1.807, 2.05) is 12.4 Å². The molecule has 2 heterocycles. The first kappa shape index (κ1) is 14.1. The highest BCUT2D eigenvalue weighted by Crippen LogP contribution is 2.32. The summed E-state index contributed by atoms with van der Waals surface area (Å²) in [5, 5.41) is 0. The molecular weight excluding hydrogens is 258 g/mol. The van der Waals surface area contributed by atoms with Crippen LogP contribution in [0.25, 0.3) is 11.1 Å². The van der Waals surface area contributed by atoms with Gasteiger partial charge in [0.2, 0.25) is 0 Å². The van der Waals surface area contributed by atoms with Crippen molar-refractivity contribution in [3.05, 3.63) is 47.8 Å². The first-order valence-electron chi connectivity index (χ1n) is 7.78. The van der Waals surface area contributed by atoms with E-state index in [1.165, 1.54) is 47.2 Å². The standard InChI is InChI=1S/C18H23N3/c1-14-11-15(5-6-16(14)12-19)17-7-8-20-13-18(17)21-9-3-2-4-10-21/h5-8,11,13H,2-4,9-10,12,19H2,1H3. The molecule has 21 heavy (non-hydrogen) atoms. The summed E-state index contributed by atoms with van der Waals surface area (Å²) in [5.41, 5.74) is 12.0. The molecule has 0 atom stereocenters.